The monoisotopic (exact) mass is 528 g/mol. The minimum absolute atomic E-state index is 0.0430. The fourth-order valence-corrected chi connectivity index (χ4v) is 5.71. The molecule has 0 aliphatic carbocycles. The van der Waals surface area contributed by atoms with Gasteiger partial charge in [-0.05, 0) is 42.5 Å². The smallest absolute Gasteiger partial charge is 0.264 e. The first-order valence-electron chi connectivity index (χ1n) is 9.10. The first kappa shape index (κ1) is 22.9. The third-order valence-corrected chi connectivity index (χ3v) is 7.65. The van der Waals surface area contributed by atoms with Gasteiger partial charge in [-0.15, -0.1) is 0 Å². The van der Waals surface area contributed by atoms with E-state index in [1.54, 1.807) is 41.0 Å². The van der Waals surface area contributed by atoms with Crippen molar-refractivity contribution in [2.45, 2.75) is 6.54 Å². The van der Waals surface area contributed by atoms with E-state index in [1.807, 2.05) is 0 Å². The Labute approximate surface area is 204 Å². The van der Waals surface area contributed by atoms with Crippen molar-refractivity contribution in [3.8, 4) is 0 Å². The predicted molar refractivity (Wildman–Crippen MR) is 129 cm³/mol. The van der Waals surface area contributed by atoms with E-state index in [0.29, 0.717) is 21.3 Å². The summed E-state index contributed by atoms with van der Waals surface area (Å²) in [4.78, 5) is 12.9. The van der Waals surface area contributed by atoms with Gasteiger partial charge < -0.3 is 10.0 Å². The predicted octanol–water partition coefficient (Wildman–Crippen LogP) is 5.04. The molecule has 166 valence electrons. The quantitative estimate of drug-likeness (QED) is 0.454. The van der Waals surface area contributed by atoms with E-state index in [0.717, 1.165) is 0 Å². The van der Waals surface area contributed by atoms with Gasteiger partial charge in [0, 0.05) is 39.6 Å². The van der Waals surface area contributed by atoms with Crippen LogP contribution < -0.4 is 14.8 Å². The fourth-order valence-electron chi connectivity index (χ4n) is 3.03. The molecule has 4 rings (SSSR count). The van der Waals surface area contributed by atoms with Crippen LogP contribution >= 0.6 is 46.9 Å². The van der Waals surface area contributed by atoms with E-state index in [-0.39, 0.29) is 27.7 Å². The van der Waals surface area contributed by atoms with Crippen LogP contribution in [-0.4, -0.2) is 18.6 Å². The number of hydrogen-bond acceptors (Lipinski definition) is 6. The van der Waals surface area contributed by atoms with Crippen LogP contribution in [0.1, 0.15) is 15.9 Å². The minimum atomic E-state index is -4.03. The Hall–Kier alpha value is -2.30. The molecule has 12 heteroatoms. The van der Waals surface area contributed by atoms with E-state index < -0.39 is 15.9 Å². The Bertz CT molecular complexity index is 1270. The summed E-state index contributed by atoms with van der Waals surface area (Å²) in [6, 6.07) is 9.35. The first-order chi connectivity index (χ1) is 15.3. The molecule has 2 heterocycles. The van der Waals surface area contributed by atoms with Crippen molar-refractivity contribution in [1.82, 2.24) is 14.3 Å². The number of amides is 1. The molecular weight excluding hydrogens is 515 g/mol. The van der Waals surface area contributed by atoms with Crippen molar-refractivity contribution in [2.75, 3.05) is 4.72 Å². The Balaban J connectivity index is 1.59. The van der Waals surface area contributed by atoms with Gasteiger partial charge in [0.2, 0.25) is 0 Å². The van der Waals surface area contributed by atoms with Crippen LogP contribution in [-0.2, 0) is 16.6 Å². The lowest BCUT2D eigenvalue weighted by Gasteiger charge is -2.21. The molecule has 2 aliphatic rings. The van der Waals surface area contributed by atoms with Crippen LogP contribution in [0.2, 0.25) is 15.1 Å². The number of rotatable bonds is 6. The lowest BCUT2D eigenvalue weighted by atomic mass is 10.1. The normalized spacial score (nSPS) is 14.9. The lowest BCUT2D eigenvalue weighted by Crippen LogP contribution is -2.26. The maximum absolute atomic E-state index is 13.1. The molecule has 2 aromatic carbocycles. The molecule has 0 saturated heterocycles. The molecule has 0 saturated carbocycles. The van der Waals surface area contributed by atoms with Gasteiger partial charge in [0.05, 0.1) is 29.1 Å². The number of nitrogens with one attached hydrogen (secondary N) is 3. The van der Waals surface area contributed by atoms with Gasteiger partial charge in [0.15, 0.2) is 0 Å². The van der Waals surface area contributed by atoms with E-state index in [9.17, 15) is 13.2 Å². The molecule has 2 aliphatic heterocycles. The highest BCUT2D eigenvalue weighted by atomic mass is 35.5. The van der Waals surface area contributed by atoms with E-state index in [2.05, 4.69) is 14.8 Å². The molecule has 0 bridgehead atoms. The highest BCUT2D eigenvalue weighted by Gasteiger charge is 2.30. The Morgan fingerprint density at radius 3 is 2.62 bits per heavy atom. The van der Waals surface area contributed by atoms with Crippen LogP contribution in [0.3, 0.4) is 0 Å². The standard InChI is InChI=1S/C20H15Cl3N4O3S2/c21-12-6-7-13(20(28)24-10-14-15(22)3-1-4-16(14)23)17(9-12)26-32(29,30)19-5-2-8-27-18(19)11-25-31-27/h1-9,11,25-26H,10H2,(H,24,28). The summed E-state index contributed by atoms with van der Waals surface area (Å²) in [6.45, 7) is 0.0623. The van der Waals surface area contributed by atoms with Crippen LogP contribution in [0.15, 0.2) is 71.6 Å². The average Bonchev–Trinajstić information content (AvgIpc) is 3.22. The van der Waals surface area contributed by atoms with Crippen molar-refractivity contribution in [3.63, 3.8) is 0 Å². The second-order valence-corrected chi connectivity index (χ2v) is 10.3. The van der Waals surface area contributed by atoms with E-state index in [4.69, 9.17) is 34.8 Å². The molecule has 1 amide bonds. The molecule has 3 N–H and O–H groups in total. The second kappa shape index (κ2) is 9.29. The largest absolute Gasteiger partial charge is 0.348 e. The number of anilines is 1. The summed E-state index contributed by atoms with van der Waals surface area (Å²) in [6.07, 6.45) is 6.40. The number of benzene rings is 2. The molecular formula is C20H15Cl3N4O3S2. The van der Waals surface area contributed by atoms with E-state index in [1.165, 1.54) is 36.4 Å². The molecule has 0 radical (unpaired) electrons. The van der Waals surface area contributed by atoms with Gasteiger partial charge in [0.1, 0.15) is 4.91 Å². The number of sulfonamides is 1. The average molecular weight is 530 g/mol. The Morgan fingerprint density at radius 2 is 1.88 bits per heavy atom. The molecule has 0 atom stereocenters. The molecule has 0 unspecified atom stereocenters. The zero-order chi connectivity index (χ0) is 22.9. The van der Waals surface area contributed by atoms with Gasteiger partial charge in [-0.1, -0.05) is 40.9 Å². The number of carbonyl (C=O) groups excluding carboxylic acids is 1. The SMILES string of the molecule is O=C(NCc1c(Cl)cccc1Cl)c1ccc(Cl)cc1NS(=O)(=O)C1=CC=CN2SNC=C12. The summed E-state index contributed by atoms with van der Waals surface area (Å²) in [5.74, 6) is -0.521. The van der Waals surface area contributed by atoms with Gasteiger partial charge in [-0.3, -0.25) is 13.8 Å². The van der Waals surface area contributed by atoms with Crippen LogP contribution in [0.5, 0.6) is 0 Å². The van der Waals surface area contributed by atoms with Crippen molar-refractivity contribution in [2.24, 2.45) is 0 Å². The highest BCUT2D eigenvalue weighted by molar-refractivity contribution is 7.97. The van der Waals surface area contributed by atoms with Crippen LogP contribution in [0, 0.1) is 0 Å². The number of nitrogens with zero attached hydrogens (tertiary/aromatic N) is 1. The number of fused-ring (bicyclic) bond motifs is 1. The topological polar surface area (TPSA) is 90.5 Å². The van der Waals surface area contributed by atoms with Gasteiger partial charge in [0.25, 0.3) is 15.9 Å². The number of hydrogen-bond donors (Lipinski definition) is 3. The molecule has 0 fully saturated rings. The summed E-state index contributed by atoms with van der Waals surface area (Å²) < 4.78 is 33.3. The highest BCUT2D eigenvalue weighted by Crippen LogP contribution is 2.34. The van der Waals surface area contributed by atoms with Crippen molar-refractivity contribution in [1.29, 1.82) is 0 Å². The van der Waals surface area contributed by atoms with Crippen molar-refractivity contribution < 1.29 is 13.2 Å². The molecule has 7 nitrogen and oxygen atoms in total. The fraction of sp³-hybridized carbons (Fsp3) is 0.0500. The summed E-state index contributed by atoms with van der Waals surface area (Å²) >= 11 is 19.6. The van der Waals surface area contributed by atoms with E-state index >= 15 is 0 Å². The number of allylic oxidation sites excluding steroid dienone is 2. The number of halogens is 3. The first-order valence-corrected chi connectivity index (χ1v) is 12.5. The Kier molecular flexibility index (Phi) is 6.64. The summed E-state index contributed by atoms with van der Waals surface area (Å²) in [5.41, 5.74) is 1.16. The van der Waals surface area contributed by atoms with Crippen molar-refractivity contribution >= 4 is 68.6 Å². The second-order valence-electron chi connectivity index (χ2n) is 6.62. The van der Waals surface area contributed by atoms with Gasteiger partial charge >= 0.3 is 0 Å². The minimum Gasteiger partial charge on any atom is -0.348 e. The molecule has 0 spiro atoms. The maximum Gasteiger partial charge on any atom is 0.264 e. The lowest BCUT2D eigenvalue weighted by molar-refractivity contribution is 0.0952. The van der Waals surface area contributed by atoms with Crippen LogP contribution in [0.4, 0.5) is 5.69 Å². The van der Waals surface area contributed by atoms with Crippen molar-refractivity contribution in [3.05, 3.63) is 97.7 Å². The maximum atomic E-state index is 13.1. The third kappa shape index (κ3) is 4.72. The number of carbonyl (C=O) groups is 1. The zero-order valence-electron chi connectivity index (χ0n) is 16.1. The summed E-state index contributed by atoms with van der Waals surface area (Å²) in [5, 5.41) is 3.80. The summed E-state index contributed by atoms with van der Waals surface area (Å²) in [7, 11) is -4.03. The third-order valence-electron chi connectivity index (χ3n) is 4.55. The van der Waals surface area contributed by atoms with Gasteiger partial charge in [-0.25, -0.2) is 8.42 Å². The Morgan fingerprint density at radius 1 is 1.12 bits per heavy atom. The van der Waals surface area contributed by atoms with Gasteiger partial charge in [-0.2, -0.15) is 0 Å². The zero-order valence-corrected chi connectivity index (χ0v) is 20.0. The molecule has 0 aromatic heterocycles. The molecule has 32 heavy (non-hydrogen) atoms. The van der Waals surface area contributed by atoms with Crippen LogP contribution in [0.25, 0.3) is 0 Å². The molecule has 2 aromatic rings.